The topological polar surface area (TPSA) is 54.9 Å². The number of amides is 1. The van der Waals surface area contributed by atoms with Crippen LogP contribution in [0.5, 0.6) is 0 Å². The summed E-state index contributed by atoms with van der Waals surface area (Å²) in [5.41, 5.74) is 3.44. The summed E-state index contributed by atoms with van der Waals surface area (Å²) in [6.07, 6.45) is 0. The Morgan fingerprint density at radius 2 is 1.57 bits per heavy atom. The van der Waals surface area contributed by atoms with Crippen molar-refractivity contribution in [2.24, 2.45) is 0 Å². The standard InChI is InChI=1S/C18H14BrN3O/c1-12(23)20-18-21-16(13-6-3-2-4-7-13)11-17(22-18)14-8-5-9-15(19)10-14/h2-11H,1H3,(H,20,21,22,23). The first-order chi connectivity index (χ1) is 11.1. The van der Waals surface area contributed by atoms with Crippen molar-refractivity contribution < 1.29 is 4.79 Å². The molecular formula is C18H14BrN3O. The Morgan fingerprint density at radius 3 is 2.22 bits per heavy atom. The lowest BCUT2D eigenvalue weighted by Gasteiger charge is -2.09. The SMILES string of the molecule is CC(=O)Nc1nc(-c2ccccc2)cc(-c2cccc(Br)c2)n1. The first-order valence-electron chi connectivity index (χ1n) is 7.10. The first-order valence-corrected chi connectivity index (χ1v) is 7.89. The van der Waals surface area contributed by atoms with Gasteiger partial charge in [-0.1, -0.05) is 58.4 Å². The van der Waals surface area contributed by atoms with Crippen LogP contribution in [0, 0.1) is 0 Å². The molecule has 2 aromatic carbocycles. The molecule has 0 unspecified atom stereocenters. The van der Waals surface area contributed by atoms with E-state index in [1.54, 1.807) is 0 Å². The van der Waals surface area contributed by atoms with Crippen LogP contribution in [0.4, 0.5) is 5.95 Å². The quantitative estimate of drug-likeness (QED) is 0.739. The summed E-state index contributed by atoms with van der Waals surface area (Å²) in [6, 6.07) is 19.6. The van der Waals surface area contributed by atoms with Crippen molar-refractivity contribution >= 4 is 27.8 Å². The van der Waals surface area contributed by atoms with Crippen molar-refractivity contribution in [1.29, 1.82) is 0 Å². The lowest BCUT2D eigenvalue weighted by atomic mass is 10.1. The monoisotopic (exact) mass is 367 g/mol. The Morgan fingerprint density at radius 1 is 0.913 bits per heavy atom. The summed E-state index contributed by atoms with van der Waals surface area (Å²) in [4.78, 5) is 20.2. The molecule has 1 N–H and O–H groups in total. The van der Waals surface area contributed by atoms with Crippen molar-refractivity contribution in [1.82, 2.24) is 9.97 Å². The van der Waals surface area contributed by atoms with Crippen molar-refractivity contribution in [2.45, 2.75) is 6.92 Å². The molecule has 4 nitrogen and oxygen atoms in total. The number of hydrogen-bond donors (Lipinski definition) is 1. The fourth-order valence-electron chi connectivity index (χ4n) is 2.21. The average Bonchev–Trinajstić information content (AvgIpc) is 2.55. The number of benzene rings is 2. The van der Waals surface area contributed by atoms with Crippen molar-refractivity contribution in [3.63, 3.8) is 0 Å². The van der Waals surface area contributed by atoms with Crippen LogP contribution in [0.1, 0.15) is 6.92 Å². The second-order valence-electron chi connectivity index (χ2n) is 5.02. The molecule has 3 aromatic rings. The Balaban J connectivity index is 2.13. The van der Waals surface area contributed by atoms with E-state index in [0.29, 0.717) is 5.95 Å². The molecule has 1 amide bonds. The van der Waals surface area contributed by atoms with E-state index in [4.69, 9.17) is 0 Å². The number of rotatable bonds is 3. The number of carbonyl (C=O) groups excluding carboxylic acids is 1. The van der Waals surface area contributed by atoms with Crippen LogP contribution < -0.4 is 5.32 Å². The van der Waals surface area contributed by atoms with Gasteiger partial charge in [-0.2, -0.15) is 0 Å². The van der Waals surface area contributed by atoms with Gasteiger partial charge in [-0.15, -0.1) is 0 Å². The van der Waals surface area contributed by atoms with E-state index in [1.165, 1.54) is 6.92 Å². The minimum atomic E-state index is -0.199. The zero-order valence-electron chi connectivity index (χ0n) is 12.5. The molecule has 0 aliphatic carbocycles. The van der Waals surface area contributed by atoms with E-state index in [-0.39, 0.29) is 5.91 Å². The summed E-state index contributed by atoms with van der Waals surface area (Å²) in [7, 11) is 0. The molecule has 0 aliphatic rings. The van der Waals surface area contributed by atoms with Gasteiger partial charge in [0.05, 0.1) is 11.4 Å². The van der Waals surface area contributed by atoms with Crippen molar-refractivity contribution in [3.05, 3.63) is 65.1 Å². The van der Waals surface area contributed by atoms with Gasteiger partial charge >= 0.3 is 0 Å². The number of hydrogen-bond acceptors (Lipinski definition) is 3. The normalized spacial score (nSPS) is 10.3. The zero-order valence-corrected chi connectivity index (χ0v) is 14.0. The van der Waals surface area contributed by atoms with Crippen LogP contribution >= 0.6 is 15.9 Å². The van der Waals surface area contributed by atoms with Gasteiger partial charge < -0.3 is 0 Å². The highest BCUT2D eigenvalue weighted by atomic mass is 79.9. The van der Waals surface area contributed by atoms with E-state index >= 15 is 0 Å². The van der Waals surface area contributed by atoms with Gasteiger partial charge in [0, 0.05) is 22.5 Å². The molecule has 0 aliphatic heterocycles. The third-order valence-electron chi connectivity index (χ3n) is 3.20. The fraction of sp³-hybridized carbons (Fsp3) is 0.0556. The highest BCUT2D eigenvalue weighted by molar-refractivity contribution is 9.10. The molecule has 1 aromatic heterocycles. The highest BCUT2D eigenvalue weighted by Gasteiger charge is 2.09. The molecule has 1 heterocycles. The lowest BCUT2D eigenvalue weighted by Crippen LogP contribution is -2.10. The molecule has 0 bridgehead atoms. The maximum atomic E-state index is 11.4. The van der Waals surface area contributed by atoms with Crippen molar-refractivity contribution in [2.75, 3.05) is 5.32 Å². The smallest absolute Gasteiger partial charge is 0.230 e. The number of aromatic nitrogens is 2. The second-order valence-corrected chi connectivity index (χ2v) is 5.94. The van der Waals surface area contributed by atoms with Gasteiger partial charge in [0.25, 0.3) is 0 Å². The fourth-order valence-corrected chi connectivity index (χ4v) is 2.61. The highest BCUT2D eigenvalue weighted by Crippen LogP contribution is 2.26. The largest absolute Gasteiger partial charge is 0.295 e. The maximum absolute atomic E-state index is 11.4. The number of nitrogens with zero attached hydrogens (tertiary/aromatic N) is 2. The predicted octanol–water partition coefficient (Wildman–Crippen LogP) is 4.53. The molecule has 114 valence electrons. The van der Waals surface area contributed by atoms with Crippen LogP contribution in [-0.2, 0) is 4.79 Å². The summed E-state index contributed by atoms with van der Waals surface area (Å²) >= 11 is 3.47. The second kappa shape index (κ2) is 6.71. The van der Waals surface area contributed by atoms with E-state index < -0.39 is 0 Å². The van der Waals surface area contributed by atoms with Crippen molar-refractivity contribution in [3.8, 4) is 22.5 Å². The van der Waals surface area contributed by atoms with E-state index in [9.17, 15) is 4.79 Å². The molecule has 0 spiro atoms. The molecule has 0 atom stereocenters. The molecule has 5 heteroatoms. The van der Waals surface area contributed by atoms with Gasteiger partial charge in [0.1, 0.15) is 0 Å². The summed E-state index contributed by atoms with van der Waals surface area (Å²) in [5.74, 6) is 0.101. The number of carbonyl (C=O) groups is 1. The van der Waals surface area contributed by atoms with Crippen LogP contribution in [0.25, 0.3) is 22.5 Å². The number of nitrogens with one attached hydrogen (secondary N) is 1. The third kappa shape index (κ3) is 3.81. The summed E-state index contributed by atoms with van der Waals surface area (Å²) < 4.78 is 0.968. The Kier molecular flexibility index (Phi) is 4.48. The van der Waals surface area contributed by atoms with Gasteiger partial charge in [-0.25, -0.2) is 9.97 Å². The number of halogens is 1. The average molecular weight is 368 g/mol. The van der Waals surface area contributed by atoms with E-state index in [0.717, 1.165) is 27.0 Å². The molecule has 0 saturated heterocycles. The Hall–Kier alpha value is -2.53. The van der Waals surface area contributed by atoms with Gasteiger partial charge in [-0.05, 0) is 18.2 Å². The van der Waals surface area contributed by atoms with Gasteiger partial charge in [-0.3, -0.25) is 10.1 Å². The zero-order chi connectivity index (χ0) is 16.2. The van der Waals surface area contributed by atoms with Crippen LogP contribution in [-0.4, -0.2) is 15.9 Å². The van der Waals surface area contributed by atoms with Gasteiger partial charge in [0.15, 0.2) is 0 Å². The molecule has 0 radical (unpaired) electrons. The minimum absolute atomic E-state index is 0.199. The first kappa shape index (κ1) is 15.4. The van der Waals surface area contributed by atoms with Crippen LogP contribution in [0.2, 0.25) is 0 Å². The Bertz CT molecular complexity index is 850. The summed E-state index contributed by atoms with van der Waals surface area (Å²) in [5, 5.41) is 2.67. The van der Waals surface area contributed by atoms with Crippen LogP contribution in [0.3, 0.4) is 0 Å². The summed E-state index contributed by atoms with van der Waals surface area (Å²) in [6.45, 7) is 1.44. The van der Waals surface area contributed by atoms with E-state index in [2.05, 4.69) is 31.2 Å². The minimum Gasteiger partial charge on any atom is -0.295 e. The van der Waals surface area contributed by atoms with Gasteiger partial charge in [0.2, 0.25) is 11.9 Å². The maximum Gasteiger partial charge on any atom is 0.230 e. The lowest BCUT2D eigenvalue weighted by molar-refractivity contribution is -0.114. The molecule has 0 fully saturated rings. The Labute approximate surface area is 142 Å². The third-order valence-corrected chi connectivity index (χ3v) is 3.70. The molecule has 3 rings (SSSR count). The van der Waals surface area contributed by atoms with E-state index in [1.807, 2.05) is 60.7 Å². The predicted molar refractivity (Wildman–Crippen MR) is 94.9 cm³/mol. The molecule has 0 saturated carbocycles. The number of anilines is 1. The molecule has 23 heavy (non-hydrogen) atoms. The molecular weight excluding hydrogens is 354 g/mol. The van der Waals surface area contributed by atoms with Crippen LogP contribution in [0.15, 0.2) is 65.1 Å².